The van der Waals surface area contributed by atoms with Crippen molar-refractivity contribution in [3.8, 4) is 11.3 Å². The first-order valence-corrected chi connectivity index (χ1v) is 7.05. The molecule has 0 atom stereocenters. The number of rotatable bonds is 2. The molecule has 0 saturated carbocycles. The summed E-state index contributed by atoms with van der Waals surface area (Å²) in [5, 5.41) is 9.41. The molecule has 0 aliphatic rings. The van der Waals surface area contributed by atoms with Gasteiger partial charge in [0.2, 0.25) is 0 Å². The lowest BCUT2D eigenvalue weighted by atomic mass is 10.2. The van der Waals surface area contributed by atoms with E-state index in [9.17, 15) is 18.0 Å². The molecule has 4 nitrogen and oxygen atoms in total. The molecule has 0 bridgehead atoms. The summed E-state index contributed by atoms with van der Waals surface area (Å²) < 4.78 is 40.1. The Bertz CT molecular complexity index is 868. The summed E-state index contributed by atoms with van der Waals surface area (Å²) in [6.45, 7) is 0. The van der Waals surface area contributed by atoms with E-state index in [2.05, 4.69) is 4.98 Å². The zero-order chi connectivity index (χ0) is 16.1. The average Bonchev–Trinajstić information content (AvgIpc) is 2.94. The number of hydrogen-bond acceptors (Lipinski definition) is 3. The molecular weight excluding hydrogens is 341 g/mol. The Labute approximate surface area is 130 Å². The van der Waals surface area contributed by atoms with Crippen LogP contribution in [0, 0.1) is 0 Å². The van der Waals surface area contributed by atoms with Gasteiger partial charge in [-0.1, -0.05) is 35.1 Å². The van der Waals surface area contributed by atoms with E-state index in [-0.39, 0.29) is 4.96 Å². The first-order valence-electron chi connectivity index (χ1n) is 5.85. The second kappa shape index (κ2) is 4.99. The number of aromatic carboxylic acids is 1. The fourth-order valence-corrected chi connectivity index (χ4v) is 3.11. The molecule has 0 fully saturated rings. The highest BCUT2D eigenvalue weighted by Gasteiger charge is 2.40. The van der Waals surface area contributed by atoms with Gasteiger partial charge < -0.3 is 5.11 Å². The van der Waals surface area contributed by atoms with Crippen molar-refractivity contribution in [1.82, 2.24) is 9.38 Å². The molecule has 1 N–H and O–H groups in total. The number of aromatic nitrogens is 2. The van der Waals surface area contributed by atoms with Crippen LogP contribution in [0.4, 0.5) is 13.2 Å². The maximum Gasteiger partial charge on any atom is 0.433 e. The van der Waals surface area contributed by atoms with Crippen LogP contribution in [-0.4, -0.2) is 20.5 Å². The van der Waals surface area contributed by atoms with Crippen LogP contribution in [0.15, 0.2) is 30.5 Å². The molecule has 3 rings (SSSR count). The Balaban J connectivity index is 2.21. The van der Waals surface area contributed by atoms with Gasteiger partial charge in [-0.25, -0.2) is 9.78 Å². The van der Waals surface area contributed by atoms with Crippen molar-refractivity contribution in [1.29, 1.82) is 0 Å². The Morgan fingerprint density at radius 3 is 2.45 bits per heavy atom. The number of carboxylic acids is 1. The minimum Gasteiger partial charge on any atom is -0.477 e. The van der Waals surface area contributed by atoms with E-state index >= 15 is 0 Å². The number of alkyl halides is 3. The van der Waals surface area contributed by atoms with Gasteiger partial charge in [-0.2, -0.15) is 13.2 Å². The van der Waals surface area contributed by atoms with Crippen molar-refractivity contribution in [3.05, 3.63) is 46.1 Å². The largest absolute Gasteiger partial charge is 0.477 e. The number of hydrogen-bond donors (Lipinski definition) is 1. The van der Waals surface area contributed by atoms with Crippen molar-refractivity contribution in [3.63, 3.8) is 0 Å². The van der Waals surface area contributed by atoms with Crippen LogP contribution >= 0.6 is 22.9 Å². The van der Waals surface area contributed by atoms with Crippen LogP contribution in [0.25, 0.3) is 16.2 Å². The molecular formula is C13H6ClF3N2O2S. The Morgan fingerprint density at radius 2 is 1.91 bits per heavy atom. The molecule has 3 aromatic rings. The van der Waals surface area contributed by atoms with Gasteiger partial charge in [-0.3, -0.25) is 4.40 Å². The van der Waals surface area contributed by atoms with Crippen LogP contribution in [-0.2, 0) is 6.18 Å². The van der Waals surface area contributed by atoms with E-state index in [4.69, 9.17) is 16.7 Å². The zero-order valence-electron chi connectivity index (χ0n) is 10.6. The highest BCUT2D eigenvalue weighted by atomic mass is 35.5. The molecule has 114 valence electrons. The number of benzene rings is 1. The number of halogens is 4. The molecule has 0 radical (unpaired) electrons. The number of imidazole rings is 1. The van der Waals surface area contributed by atoms with Crippen molar-refractivity contribution in [2.45, 2.75) is 6.18 Å². The summed E-state index contributed by atoms with van der Waals surface area (Å²) in [5.41, 5.74) is -0.330. The minimum atomic E-state index is -4.79. The molecule has 0 unspecified atom stereocenters. The predicted molar refractivity (Wildman–Crippen MR) is 75.5 cm³/mol. The van der Waals surface area contributed by atoms with E-state index in [1.54, 1.807) is 24.3 Å². The number of nitrogens with zero attached hydrogens (tertiary/aromatic N) is 2. The normalized spacial score (nSPS) is 12.0. The zero-order valence-corrected chi connectivity index (χ0v) is 12.1. The second-order valence-electron chi connectivity index (χ2n) is 4.37. The fraction of sp³-hybridized carbons (Fsp3) is 0.0769. The van der Waals surface area contributed by atoms with Crippen LogP contribution in [0.5, 0.6) is 0 Å². The molecule has 2 heterocycles. The topological polar surface area (TPSA) is 54.6 Å². The van der Waals surface area contributed by atoms with Crippen molar-refractivity contribution >= 4 is 33.9 Å². The number of carbonyl (C=O) groups is 1. The van der Waals surface area contributed by atoms with E-state index in [0.29, 0.717) is 27.6 Å². The number of thiazole rings is 1. The molecule has 2 aromatic heterocycles. The minimum absolute atomic E-state index is 0.0327. The maximum absolute atomic E-state index is 13.1. The highest BCUT2D eigenvalue weighted by molar-refractivity contribution is 7.19. The second-order valence-corrected chi connectivity index (χ2v) is 5.78. The number of carboxylic acid groups (broad SMARTS) is 1. The highest BCUT2D eigenvalue weighted by Crippen LogP contribution is 2.38. The van der Waals surface area contributed by atoms with Gasteiger partial charge in [0.25, 0.3) is 0 Å². The summed E-state index contributed by atoms with van der Waals surface area (Å²) in [4.78, 5) is 14.2. The van der Waals surface area contributed by atoms with Crippen LogP contribution in [0.3, 0.4) is 0 Å². The van der Waals surface area contributed by atoms with Gasteiger partial charge in [0.15, 0.2) is 10.7 Å². The Hall–Kier alpha value is -2.06. The molecule has 0 spiro atoms. The van der Waals surface area contributed by atoms with Crippen LogP contribution in [0.2, 0.25) is 5.02 Å². The van der Waals surface area contributed by atoms with Gasteiger partial charge >= 0.3 is 12.1 Å². The van der Waals surface area contributed by atoms with E-state index < -0.39 is 22.7 Å². The summed E-state index contributed by atoms with van der Waals surface area (Å²) in [7, 11) is 0. The molecule has 22 heavy (non-hydrogen) atoms. The van der Waals surface area contributed by atoms with Crippen LogP contribution in [0.1, 0.15) is 15.4 Å². The van der Waals surface area contributed by atoms with Crippen molar-refractivity contribution in [2.75, 3.05) is 0 Å². The molecule has 0 aliphatic carbocycles. The van der Waals surface area contributed by atoms with Crippen molar-refractivity contribution < 1.29 is 23.1 Å². The fourth-order valence-electron chi connectivity index (χ4n) is 2.01. The summed E-state index contributed by atoms with van der Waals surface area (Å²) in [6, 6.07) is 6.44. The standard InChI is InChI=1S/C13H6ClF3N2O2S/c14-7-3-1-6(2-4-7)8-5-19-10(13(15,16)17)9(11(20)21)22-12(19)18-8/h1-5H,(H,20,21). The van der Waals surface area contributed by atoms with Gasteiger partial charge in [0.1, 0.15) is 4.88 Å². The van der Waals surface area contributed by atoms with E-state index in [1.165, 1.54) is 6.20 Å². The van der Waals surface area contributed by atoms with Gasteiger partial charge in [-0.15, -0.1) is 0 Å². The molecule has 0 aliphatic heterocycles. The monoisotopic (exact) mass is 346 g/mol. The lowest BCUT2D eigenvalue weighted by Crippen LogP contribution is -2.13. The SMILES string of the molecule is O=C(O)c1sc2nc(-c3ccc(Cl)cc3)cn2c1C(F)(F)F. The Kier molecular flexibility index (Phi) is 3.37. The average molecular weight is 347 g/mol. The quantitative estimate of drug-likeness (QED) is 0.746. The lowest BCUT2D eigenvalue weighted by molar-refractivity contribution is -0.142. The number of fused-ring (bicyclic) bond motifs is 1. The van der Waals surface area contributed by atoms with E-state index in [1.807, 2.05) is 0 Å². The summed E-state index contributed by atoms with van der Waals surface area (Å²) in [5.74, 6) is -1.63. The van der Waals surface area contributed by atoms with Gasteiger partial charge in [-0.05, 0) is 12.1 Å². The van der Waals surface area contributed by atoms with E-state index in [0.717, 1.165) is 4.40 Å². The van der Waals surface area contributed by atoms with Crippen LogP contribution < -0.4 is 0 Å². The summed E-state index contributed by atoms with van der Waals surface area (Å²) >= 11 is 6.24. The third-order valence-corrected chi connectivity index (χ3v) is 4.22. The van der Waals surface area contributed by atoms with Gasteiger partial charge in [0, 0.05) is 16.8 Å². The summed E-state index contributed by atoms with van der Waals surface area (Å²) in [6.07, 6.45) is -3.62. The predicted octanol–water partition coefficient (Wildman–Crippen LogP) is 4.43. The third-order valence-electron chi connectivity index (χ3n) is 2.93. The first kappa shape index (κ1) is 14.9. The molecule has 0 saturated heterocycles. The molecule has 0 amide bonds. The lowest BCUT2D eigenvalue weighted by Gasteiger charge is -2.06. The first-order chi connectivity index (χ1) is 10.3. The Morgan fingerprint density at radius 1 is 1.27 bits per heavy atom. The van der Waals surface area contributed by atoms with Crippen molar-refractivity contribution in [2.24, 2.45) is 0 Å². The smallest absolute Gasteiger partial charge is 0.433 e. The van der Waals surface area contributed by atoms with Gasteiger partial charge in [0.05, 0.1) is 5.69 Å². The third kappa shape index (κ3) is 2.44. The molecule has 9 heteroatoms. The molecule has 1 aromatic carbocycles. The maximum atomic E-state index is 13.1.